The molecule has 5 saturated heterocycles. The molecule has 5 aliphatic rings. The molecule has 5 fully saturated rings. The third-order valence-electron chi connectivity index (χ3n) is 9.77. The van der Waals surface area contributed by atoms with Crippen molar-refractivity contribution in [2.24, 2.45) is 17.8 Å². The van der Waals surface area contributed by atoms with Gasteiger partial charge in [0.25, 0.3) is 0 Å². The Labute approximate surface area is 204 Å². The maximum Gasteiger partial charge on any atom is 0.113 e. The molecule has 0 amide bonds. The lowest BCUT2D eigenvalue weighted by atomic mass is 9.86. The number of hydrogen-bond acceptors (Lipinski definition) is 4. The third kappa shape index (κ3) is 6.35. The van der Waals surface area contributed by atoms with Crippen LogP contribution in [0.2, 0.25) is 0 Å². The zero-order valence-electron chi connectivity index (χ0n) is 21.6. The molecular formula is C29H52N2O2. The molecule has 5 heterocycles. The van der Waals surface area contributed by atoms with E-state index in [2.05, 4.69) is 16.7 Å². The number of nitrogens with zero attached hydrogens (tertiary/aromatic N) is 2. The Bertz CT molecular complexity index is 586. The first-order chi connectivity index (χ1) is 16.3. The topological polar surface area (TPSA) is 24.9 Å². The number of piperidine rings is 2. The largest absolute Gasteiger partial charge is 0.360 e. The van der Waals surface area contributed by atoms with Crippen LogP contribution in [-0.2, 0) is 9.47 Å². The minimum absolute atomic E-state index is 0.423. The van der Waals surface area contributed by atoms with Gasteiger partial charge >= 0.3 is 0 Å². The van der Waals surface area contributed by atoms with Gasteiger partial charge in [-0.15, -0.1) is 0 Å². The molecule has 0 saturated carbocycles. The summed E-state index contributed by atoms with van der Waals surface area (Å²) in [5.41, 5.74) is 0. The SMILES string of the molecule is C[C@H]1CN2CCC[C@@H]3CCCCCC[C@@H]4CCN5CCC[C@H](CCCCCC[C@H]1O[C@H]32)[C@H]5O4. The molecule has 4 bridgehead atoms. The average molecular weight is 461 g/mol. The van der Waals surface area contributed by atoms with Crippen molar-refractivity contribution in [3.05, 3.63) is 0 Å². The molecule has 0 radical (unpaired) electrons. The monoisotopic (exact) mass is 460 g/mol. The van der Waals surface area contributed by atoms with E-state index in [0.717, 1.165) is 11.8 Å². The van der Waals surface area contributed by atoms with E-state index in [1.165, 1.54) is 135 Å². The molecule has 33 heavy (non-hydrogen) atoms. The van der Waals surface area contributed by atoms with E-state index in [-0.39, 0.29) is 0 Å². The molecule has 0 aromatic rings. The molecule has 190 valence electrons. The van der Waals surface area contributed by atoms with Gasteiger partial charge in [0.05, 0.1) is 12.2 Å². The van der Waals surface area contributed by atoms with Gasteiger partial charge in [0.1, 0.15) is 12.5 Å². The zero-order chi connectivity index (χ0) is 22.5. The number of fused-ring (bicyclic) bond motifs is 2. The zero-order valence-corrected chi connectivity index (χ0v) is 21.6. The van der Waals surface area contributed by atoms with E-state index in [9.17, 15) is 0 Å². The molecule has 4 nitrogen and oxygen atoms in total. The van der Waals surface area contributed by atoms with E-state index in [1.54, 1.807) is 0 Å². The standard InChI is InChI=1S/C29H52N2O2/c1-23-22-31-20-11-15-25-13-6-2-4-8-16-26-18-21-30-19-10-14-24(28(30)32-26)12-7-3-5-9-17-27(23)33-29(25)31/h23-29H,2-22H2,1H3/t23-,24-,25-,26+,27+,28+,29+/m0/s1. The highest BCUT2D eigenvalue weighted by atomic mass is 16.5. The summed E-state index contributed by atoms with van der Waals surface area (Å²) in [6.45, 7) is 7.53. The van der Waals surface area contributed by atoms with Crippen molar-refractivity contribution in [2.75, 3.05) is 26.2 Å². The maximum absolute atomic E-state index is 6.86. The van der Waals surface area contributed by atoms with Crippen molar-refractivity contribution in [2.45, 2.75) is 141 Å². The molecule has 0 aliphatic carbocycles. The summed E-state index contributed by atoms with van der Waals surface area (Å²) in [7, 11) is 0. The number of rotatable bonds is 0. The normalized spacial score (nSPS) is 43.0. The van der Waals surface area contributed by atoms with Crippen LogP contribution >= 0.6 is 0 Å². The van der Waals surface area contributed by atoms with Crippen molar-refractivity contribution < 1.29 is 9.47 Å². The average Bonchev–Trinajstić information content (AvgIpc) is 2.83. The lowest BCUT2D eigenvalue weighted by Crippen LogP contribution is -2.56. The maximum atomic E-state index is 6.86. The van der Waals surface area contributed by atoms with E-state index in [4.69, 9.17) is 9.47 Å². The van der Waals surface area contributed by atoms with E-state index in [1.807, 2.05) is 0 Å². The van der Waals surface area contributed by atoms with Crippen LogP contribution < -0.4 is 0 Å². The van der Waals surface area contributed by atoms with E-state index in [0.29, 0.717) is 30.6 Å². The summed E-state index contributed by atoms with van der Waals surface area (Å²) in [6, 6.07) is 0. The van der Waals surface area contributed by atoms with Crippen LogP contribution in [0.3, 0.4) is 0 Å². The van der Waals surface area contributed by atoms with Gasteiger partial charge in [-0.05, 0) is 75.5 Å². The van der Waals surface area contributed by atoms with Crippen molar-refractivity contribution in [1.82, 2.24) is 9.80 Å². The second-order valence-corrected chi connectivity index (χ2v) is 12.3. The van der Waals surface area contributed by atoms with Crippen LogP contribution in [-0.4, -0.2) is 60.6 Å². The quantitative estimate of drug-likeness (QED) is 0.407. The first kappa shape index (κ1) is 24.5. The van der Waals surface area contributed by atoms with E-state index < -0.39 is 0 Å². The third-order valence-corrected chi connectivity index (χ3v) is 9.77. The summed E-state index contributed by atoms with van der Waals surface area (Å²) in [5, 5.41) is 0. The van der Waals surface area contributed by atoms with Gasteiger partial charge in [0.2, 0.25) is 0 Å². The smallest absolute Gasteiger partial charge is 0.113 e. The van der Waals surface area contributed by atoms with Gasteiger partial charge in [0.15, 0.2) is 0 Å². The number of ether oxygens (including phenoxy) is 2. The Morgan fingerprint density at radius 1 is 0.515 bits per heavy atom. The van der Waals surface area contributed by atoms with Crippen molar-refractivity contribution >= 4 is 0 Å². The lowest BCUT2D eigenvalue weighted by molar-refractivity contribution is -0.201. The Kier molecular flexibility index (Phi) is 9.06. The van der Waals surface area contributed by atoms with Crippen LogP contribution in [0.4, 0.5) is 0 Å². The molecule has 0 N–H and O–H groups in total. The first-order valence-electron chi connectivity index (χ1n) is 15.1. The number of hydrogen-bond donors (Lipinski definition) is 0. The minimum Gasteiger partial charge on any atom is -0.360 e. The highest BCUT2D eigenvalue weighted by Gasteiger charge is 2.40. The van der Waals surface area contributed by atoms with Crippen molar-refractivity contribution in [3.8, 4) is 0 Å². The van der Waals surface area contributed by atoms with E-state index >= 15 is 0 Å². The Balaban J connectivity index is 1.18. The predicted octanol–water partition coefficient (Wildman–Crippen LogP) is 6.58. The molecule has 5 aliphatic heterocycles. The molecule has 0 unspecified atom stereocenters. The summed E-state index contributed by atoms with van der Waals surface area (Å²) < 4.78 is 13.6. The molecule has 7 atom stereocenters. The van der Waals surface area contributed by atoms with Gasteiger partial charge < -0.3 is 9.47 Å². The van der Waals surface area contributed by atoms with Gasteiger partial charge in [0, 0.05) is 26.2 Å². The van der Waals surface area contributed by atoms with Crippen molar-refractivity contribution in [3.63, 3.8) is 0 Å². The molecular weight excluding hydrogens is 408 g/mol. The van der Waals surface area contributed by atoms with Crippen LogP contribution in [0.15, 0.2) is 0 Å². The Hall–Kier alpha value is -0.160. The fourth-order valence-corrected chi connectivity index (χ4v) is 7.83. The first-order valence-corrected chi connectivity index (χ1v) is 15.1. The minimum atomic E-state index is 0.423. The Morgan fingerprint density at radius 3 is 1.82 bits per heavy atom. The molecule has 0 spiro atoms. The fraction of sp³-hybridized carbons (Fsp3) is 1.00. The van der Waals surface area contributed by atoms with Crippen molar-refractivity contribution in [1.29, 1.82) is 0 Å². The summed E-state index contributed by atoms with van der Waals surface area (Å²) in [6.07, 6.45) is 25.1. The van der Waals surface area contributed by atoms with Gasteiger partial charge in [-0.3, -0.25) is 9.80 Å². The highest BCUT2D eigenvalue weighted by Crippen LogP contribution is 2.37. The summed E-state index contributed by atoms with van der Waals surface area (Å²) >= 11 is 0. The molecule has 5 rings (SSSR count). The second-order valence-electron chi connectivity index (χ2n) is 12.3. The second kappa shape index (κ2) is 12.2. The highest BCUT2D eigenvalue weighted by molar-refractivity contribution is 4.87. The van der Waals surface area contributed by atoms with Crippen LogP contribution in [0.1, 0.15) is 116 Å². The van der Waals surface area contributed by atoms with Gasteiger partial charge in [-0.1, -0.05) is 58.3 Å². The molecule has 0 aromatic heterocycles. The Morgan fingerprint density at radius 2 is 1.09 bits per heavy atom. The van der Waals surface area contributed by atoms with Crippen LogP contribution in [0.5, 0.6) is 0 Å². The molecule has 4 heteroatoms. The van der Waals surface area contributed by atoms with Crippen LogP contribution in [0.25, 0.3) is 0 Å². The molecule has 0 aromatic carbocycles. The van der Waals surface area contributed by atoms with Gasteiger partial charge in [-0.25, -0.2) is 0 Å². The fourth-order valence-electron chi connectivity index (χ4n) is 7.83. The summed E-state index contributed by atoms with van der Waals surface area (Å²) in [5.74, 6) is 2.25. The van der Waals surface area contributed by atoms with Gasteiger partial charge in [-0.2, -0.15) is 0 Å². The summed E-state index contributed by atoms with van der Waals surface area (Å²) in [4.78, 5) is 5.38. The van der Waals surface area contributed by atoms with Crippen LogP contribution in [0, 0.1) is 17.8 Å². The lowest BCUT2D eigenvalue weighted by Gasteiger charge is -2.49. The predicted molar refractivity (Wildman–Crippen MR) is 135 cm³/mol.